The molecule has 1 aliphatic heterocycles. The van der Waals surface area contributed by atoms with Gasteiger partial charge in [0.05, 0.1) is 0 Å². The maximum atomic E-state index is 4.25. The highest BCUT2D eigenvalue weighted by Gasteiger charge is 2.18. The van der Waals surface area contributed by atoms with Gasteiger partial charge in [-0.25, -0.2) is 9.97 Å². The largest absolute Gasteiger partial charge is 0.356 e. The minimum atomic E-state index is 0. The van der Waals surface area contributed by atoms with E-state index in [0.29, 0.717) is 6.04 Å². The van der Waals surface area contributed by atoms with Gasteiger partial charge in [0.15, 0.2) is 0 Å². The molecule has 15 heavy (non-hydrogen) atoms. The minimum absolute atomic E-state index is 0. The van der Waals surface area contributed by atoms with Crippen LogP contribution in [0.2, 0.25) is 0 Å². The molecule has 2 heterocycles. The molecule has 2 rings (SSSR count). The molecule has 0 amide bonds. The predicted octanol–water partition coefficient (Wildman–Crippen LogP) is 1.09. The molecule has 1 saturated heterocycles. The topological polar surface area (TPSA) is 41.0 Å². The zero-order valence-corrected chi connectivity index (χ0v) is 9.70. The van der Waals surface area contributed by atoms with Gasteiger partial charge in [-0.2, -0.15) is 0 Å². The summed E-state index contributed by atoms with van der Waals surface area (Å²) in [6, 6.07) is 2.65. The van der Waals surface area contributed by atoms with Crippen molar-refractivity contribution in [2.24, 2.45) is 0 Å². The van der Waals surface area contributed by atoms with Gasteiger partial charge < -0.3 is 10.2 Å². The zero-order valence-electron chi connectivity index (χ0n) is 8.89. The van der Waals surface area contributed by atoms with Gasteiger partial charge in [0.1, 0.15) is 12.1 Å². The summed E-state index contributed by atoms with van der Waals surface area (Å²) in [5.41, 5.74) is 0. The van der Waals surface area contributed by atoms with Gasteiger partial charge in [0, 0.05) is 25.3 Å². The summed E-state index contributed by atoms with van der Waals surface area (Å²) in [5.74, 6) is 1.05. The Balaban J connectivity index is 0.00000112. The molecule has 1 aliphatic rings. The van der Waals surface area contributed by atoms with E-state index in [1.165, 1.54) is 12.8 Å². The summed E-state index contributed by atoms with van der Waals surface area (Å²) in [4.78, 5) is 10.5. The lowest BCUT2D eigenvalue weighted by molar-refractivity contribution is 0.440. The van der Waals surface area contributed by atoms with Crippen molar-refractivity contribution in [3.8, 4) is 0 Å². The van der Waals surface area contributed by atoms with Crippen molar-refractivity contribution in [1.82, 2.24) is 15.3 Å². The first-order valence-corrected chi connectivity index (χ1v) is 5.08. The highest BCUT2D eigenvalue weighted by Crippen LogP contribution is 2.16. The molecular formula is C10H17ClN4. The molecule has 0 radical (unpaired) electrons. The van der Waals surface area contributed by atoms with Crippen LogP contribution in [0.15, 0.2) is 18.6 Å². The van der Waals surface area contributed by atoms with Crippen LogP contribution in [0.3, 0.4) is 0 Å². The van der Waals surface area contributed by atoms with Gasteiger partial charge >= 0.3 is 0 Å². The van der Waals surface area contributed by atoms with Gasteiger partial charge in [-0.05, 0) is 26.0 Å². The Hall–Kier alpha value is -0.870. The van der Waals surface area contributed by atoms with Crippen LogP contribution in [-0.4, -0.2) is 36.1 Å². The fourth-order valence-corrected chi connectivity index (χ4v) is 1.87. The number of aromatic nitrogens is 2. The third-order valence-electron chi connectivity index (χ3n) is 2.79. The van der Waals surface area contributed by atoms with Crippen molar-refractivity contribution in [3.05, 3.63) is 18.6 Å². The summed E-state index contributed by atoms with van der Waals surface area (Å²) >= 11 is 0. The Bertz CT molecular complexity index is 272. The second kappa shape index (κ2) is 5.88. The number of hydrogen-bond acceptors (Lipinski definition) is 4. The van der Waals surface area contributed by atoms with Crippen LogP contribution in [0.25, 0.3) is 0 Å². The van der Waals surface area contributed by atoms with E-state index in [2.05, 4.69) is 20.2 Å². The van der Waals surface area contributed by atoms with Crippen molar-refractivity contribution in [1.29, 1.82) is 0 Å². The molecule has 84 valence electrons. The molecule has 1 aromatic heterocycles. The zero-order chi connectivity index (χ0) is 9.80. The molecule has 1 N–H and O–H groups in total. The summed E-state index contributed by atoms with van der Waals surface area (Å²) in [7, 11) is 2.03. The SMILES string of the molecule is CNC1CCN(c2ccncn2)CC1.Cl. The highest BCUT2D eigenvalue weighted by atomic mass is 35.5. The number of hydrogen-bond donors (Lipinski definition) is 1. The third kappa shape index (κ3) is 3.04. The minimum Gasteiger partial charge on any atom is -0.356 e. The van der Waals surface area contributed by atoms with Crippen LogP contribution in [0.5, 0.6) is 0 Å². The molecule has 0 aliphatic carbocycles. The molecule has 0 bridgehead atoms. The number of rotatable bonds is 2. The van der Waals surface area contributed by atoms with E-state index in [9.17, 15) is 0 Å². The highest BCUT2D eigenvalue weighted by molar-refractivity contribution is 5.85. The van der Waals surface area contributed by atoms with Crippen molar-refractivity contribution >= 4 is 18.2 Å². The van der Waals surface area contributed by atoms with Crippen LogP contribution in [0.4, 0.5) is 5.82 Å². The lowest BCUT2D eigenvalue weighted by Crippen LogP contribution is -2.41. The van der Waals surface area contributed by atoms with E-state index in [1.54, 1.807) is 12.5 Å². The first-order chi connectivity index (χ1) is 6.90. The lowest BCUT2D eigenvalue weighted by atomic mass is 10.1. The normalized spacial score (nSPS) is 17.3. The Morgan fingerprint density at radius 2 is 2.13 bits per heavy atom. The van der Waals surface area contributed by atoms with E-state index in [1.807, 2.05) is 13.1 Å². The lowest BCUT2D eigenvalue weighted by Gasteiger charge is -2.32. The van der Waals surface area contributed by atoms with Gasteiger partial charge in [0.2, 0.25) is 0 Å². The number of nitrogens with zero attached hydrogens (tertiary/aromatic N) is 3. The molecule has 4 nitrogen and oxygen atoms in total. The van der Waals surface area contributed by atoms with E-state index in [0.717, 1.165) is 18.9 Å². The van der Waals surface area contributed by atoms with E-state index >= 15 is 0 Å². The maximum absolute atomic E-state index is 4.25. The van der Waals surface area contributed by atoms with E-state index in [-0.39, 0.29) is 12.4 Å². The second-order valence-electron chi connectivity index (χ2n) is 3.62. The van der Waals surface area contributed by atoms with Crippen molar-refractivity contribution in [2.45, 2.75) is 18.9 Å². The molecule has 0 unspecified atom stereocenters. The van der Waals surface area contributed by atoms with Crippen LogP contribution in [0.1, 0.15) is 12.8 Å². The molecule has 0 saturated carbocycles. The van der Waals surface area contributed by atoms with Gasteiger partial charge in [0.25, 0.3) is 0 Å². The fraction of sp³-hybridized carbons (Fsp3) is 0.600. The first kappa shape index (κ1) is 12.2. The van der Waals surface area contributed by atoms with Crippen LogP contribution < -0.4 is 10.2 Å². The molecule has 1 aromatic rings. The average Bonchev–Trinajstić information content (AvgIpc) is 2.30. The Morgan fingerprint density at radius 1 is 1.40 bits per heavy atom. The molecule has 0 aromatic carbocycles. The average molecular weight is 229 g/mol. The Labute approximate surface area is 96.5 Å². The van der Waals surface area contributed by atoms with E-state index in [4.69, 9.17) is 0 Å². The molecule has 1 fully saturated rings. The summed E-state index contributed by atoms with van der Waals surface area (Å²) < 4.78 is 0. The van der Waals surface area contributed by atoms with Gasteiger partial charge in [-0.1, -0.05) is 0 Å². The summed E-state index contributed by atoms with van der Waals surface area (Å²) in [6.45, 7) is 2.17. The monoisotopic (exact) mass is 228 g/mol. The summed E-state index contributed by atoms with van der Waals surface area (Å²) in [6.07, 6.45) is 5.80. The van der Waals surface area contributed by atoms with Gasteiger partial charge in [-0.3, -0.25) is 0 Å². The van der Waals surface area contributed by atoms with Crippen LogP contribution in [0, 0.1) is 0 Å². The Kier molecular flexibility index (Phi) is 4.78. The van der Waals surface area contributed by atoms with Crippen LogP contribution in [-0.2, 0) is 0 Å². The standard InChI is InChI=1S/C10H16N4.ClH/c1-11-9-3-6-14(7-4-9)10-2-5-12-8-13-10;/h2,5,8-9,11H,3-4,6-7H2,1H3;1H. The predicted molar refractivity (Wildman–Crippen MR) is 63.6 cm³/mol. The number of halogens is 1. The number of piperidine rings is 1. The number of anilines is 1. The van der Waals surface area contributed by atoms with E-state index < -0.39 is 0 Å². The maximum Gasteiger partial charge on any atom is 0.131 e. The van der Waals surface area contributed by atoms with Crippen molar-refractivity contribution < 1.29 is 0 Å². The molecular weight excluding hydrogens is 212 g/mol. The number of nitrogens with one attached hydrogen (secondary N) is 1. The molecule has 0 atom stereocenters. The quantitative estimate of drug-likeness (QED) is 0.823. The van der Waals surface area contributed by atoms with Crippen molar-refractivity contribution in [2.75, 3.05) is 25.0 Å². The van der Waals surface area contributed by atoms with Crippen molar-refractivity contribution in [3.63, 3.8) is 0 Å². The fourth-order valence-electron chi connectivity index (χ4n) is 1.87. The second-order valence-corrected chi connectivity index (χ2v) is 3.62. The first-order valence-electron chi connectivity index (χ1n) is 5.08. The van der Waals surface area contributed by atoms with Gasteiger partial charge in [-0.15, -0.1) is 12.4 Å². The third-order valence-corrected chi connectivity index (χ3v) is 2.79. The molecule has 0 spiro atoms. The Morgan fingerprint density at radius 3 is 2.67 bits per heavy atom. The smallest absolute Gasteiger partial charge is 0.131 e. The molecule has 5 heteroatoms. The summed E-state index contributed by atoms with van der Waals surface area (Å²) in [5, 5.41) is 3.32. The van der Waals surface area contributed by atoms with Crippen LogP contribution >= 0.6 is 12.4 Å².